The summed E-state index contributed by atoms with van der Waals surface area (Å²) in [6, 6.07) is 18.1. The molecular formula is C21H26O2. The summed E-state index contributed by atoms with van der Waals surface area (Å²) < 4.78 is 6.07. The summed E-state index contributed by atoms with van der Waals surface area (Å²) in [5.41, 5.74) is 1.85. The molecule has 0 saturated heterocycles. The molecule has 122 valence electrons. The highest BCUT2D eigenvalue weighted by Crippen LogP contribution is 2.36. The van der Waals surface area contributed by atoms with Crippen molar-refractivity contribution >= 4 is 5.97 Å². The van der Waals surface area contributed by atoms with E-state index in [0.29, 0.717) is 0 Å². The van der Waals surface area contributed by atoms with E-state index in [1.807, 2.05) is 70.2 Å². The van der Waals surface area contributed by atoms with Gasteiger partial charge >= 0.3 is 5.97 Å². The first-order valence-corrected chi connectivity index (χ1v) is 8.16. The molecule has 0 spiro atoms. The van der Waals surface area contributed by atoms with Crippen LogP contribution in [0.5, 0.6) is 0 Å². The van der Waals surface area contributed by atoms with E-state index in [1.54, 1.807) is 0 Å². The van der Waals surface area contributed by atoms with Crippen LogP contribution in [0, 0.1) is 12.3 Å². The van der Waals surface area contributed by atoms with Gasteiger partial charge < -0.3 is 4.74 Å². The minimum atomic E-state index is -0.793. The first kappa shape index (κ1) is 17.3. The van der Waals surface area contributed by atoms with Crippen LogP contribution in [0.2, 0.25) is 0 Å². The van der Waals surface area contributed by atoms with Gasteiger partial charge in [-0.05, 0) is 45.2 Å². The van der Waals surface area contributed by atoms with E-state index in [2.05, 4.69) is 19.1 Å². The molecule has 0 saturated carbocycles. The van der Waals surface area contributed by atoms with Crippen LogP contribution in [0.4, 0.5) is 0 Å². The standard InChI is InChI=1S/C21H26O2/c1-6-20(3,4)19(22)23-21(5,17-10-8-7-9-11-17)18-14-12-16(2)13-15-18/h7-15H,6H2,1-5H3. The normalized spacial score (nSPS) is 14.1. The summed E-state index contributed by atoms with van der Waals surface area (Å²) in [6.45, 7) is 9.88. The minimum absolute atomic E-state index is 0.174. The number of ether oxygens (including phenoxy) is 1. The van der Waals surface area contributed by atoms with Crippen molar-refractivity contribution in [3.63, 3.8) is 0 Å². The number of carbonyl (C=O) groups is 1. The molecule has 1 atom stereocenters. The van der Waals surface area contributed by atoms with E-state index in [-0.39, 0.29) is 5.97 Å². The maximum absolute atomic E-state index is 12.7. The molecule has 0 aliphatic heterocycles. The molecule has 0 aliphatic carbocycles. The first-order chi connectivity index (χ1) is 10.8. The van der Waals surface area contributed by atoms with Gasteiger partial charge in [-0.1, -0.05) is 67.1 Å². The Bertz CT molecular complexity index is 656. The average Bonchev–Trinajstić information content (AvgIpc) is 2.56. The van der Waals surface area contributed by atoms with Crippen molar-refractivity contribution in [2.24, 2.45) is 5.41 Å². The third-order valence-corrected chi connectivity index (χ3v) is 4.66. The Balaban J connectivity index is 2.48. The van der Waals surface area contributed by atoms with Gasteiger partial charge in [-0.3, -0.25) is 4.79 Å². The number of aryl methyl sites for hydroxylation is 1. The van der Waals surface area contributed by atoms with Crippen molar-refractivity contribution in [1.29, 1.82) is 0 Å². The number of esters is 1. The average molecular weight is 310 g/mol. The molecule has 0 bridgehead atoms. The molecule has 0 fully saturated rings. The van der Waals surface area contributed by atoms with Gasteiger partial charge in [-0.15, -0.1) is 0 Å². The van der Waals surface area contributed by atoms with Crippen LogP contribution < -0.4 is 0 Å². The summed E-state index contributed by atoms with van der Waals surface area (Å²) in [7, 11) is 0. The maximum Gasteiger partial charge on any atom is 0.312 e. The van der Waals surface area contributed by atoms with Crippen LogP contribution in [0.15, 0.2) is 54.6 Å². The van der Waals surface area contributed by atoms with E-state index in [1.165, 1.54) is 5.56 Å². The zero-order chi connectivity index (χ0) is 17.1. The molecule has 2 aromatic rings. The topological polar surface area (TPSA) is 26.3 Å². The Labute approximate surface area is 139 Å². The Morgan fingerprint density at radius 3 is 1.96 bits per heavy atom. The second kappa shape index (κ2) is 6.57. The van der Waals surface area contributed by atoms with E-state index in [4.69, 9.17) is 4.74 Å². The van der Waals surface area contributed by atoms with Crippen molar-refractivity contribution in [3.8, 4) is 0 Å². The van der Waals surface area contributed by atoms with Crippen molar-refractivity contribution in [3.05, 3.63) is 71.3 Å². The molecule has 0 aliphatic rings. The molecule has 2 heteroatoms. The Morgan fingerprint density at radius 2 is 1.43 bits per heavy atom. The van der Waals surface area contributed by atoms with Crippen molar-refractivity contribution in [1.82, 2.24) is 0 Å². The van der Waals surface area contributed by atoms with E-state index >= 15 is 0 Å². The lowest BCUT2D eigenvalue weighted by atomic mass is 9.85. The number of carbonyl (C=O) groups excluding carboxylic acids is 1. The molecule has 0 N–H and O–H groups in total. The quantitative estimate of drug-likeness (QED) is 0.706. The van der Waals surface area contributed by atoms with Gasteiger partial charge in [0.25, 0.3) is 0 Å². The molecule has 2 rings (SSSR count). The first-order valence-electron chi connectivity index (χ1n) is 8.16. The van der Waals surface area contributed by atoms with Gasteiger partial charge in [0.15, 0.2) is 5.60 Å². The second-order valence-corrected chi connectivity index (χ2v) is 6.89. The lowest BCUT2D eigenvalue weighted by Crippen LogP contribution is -2.36. The van der Waals surface area contributed by atoms with Crippen LogP contribution in [0.25, 0.3) is 0 Å². The van der Waals surface area contributed by atoms with E-state index in [9.17, 15) is 4.79 Å². The SMILES string of the molecule is CCC(C)(C)C(=O)OC(C)(c1ccccc1)c1ccc(C)cc1. The van der Waals surface area contributed by atoms with E-state index in [0.717, 1.165) is 17.5 Å². The molecule has 2 nitrogen and oxygen atoms in total. The summed E-state index contributed by atoms with van der Waals surface area (Å²) in [5.74, 6) is -0.174. The van der Waals surface area contributed by atoms with Crippen molar-refractivity contribution in [2.45, 2.75) is 46.6 Å². The Morgan fingerprint density at radius 1 is 0.913 bits per heavy atom. The zero-order valence-electron chi connectivity index (χ0n) is 14.7. The molecule has 2 aromatic carbocycles. The van der Waals surface area contributed by atoms with Gasteiger partial charge in [0.1, 0.15) is 0 Å². The van der Waals surface area contributed by atoms with Crippen LogP contribution in [0.1, 0.15) is 50.8 Å². The van der Waals surface area contributed by atoms with Crippen LogP contribution in [-0.2, 0) is 15.1 Å². The predicted molar refractivity (Wildman–Crippen MR) is 94.2 cm³/mol. The molecule has 0 heterocycles. The molecular weight excluding hydrogens is 284 g/mol. The number of hydrogen-bond donors (Lipinski definition) is 0. The Kier molecular flexibility index (Phi) is 4.93. The van der Waals surface area contributed by atoms with Gasteiger partial charge in [0.2, 0.25) is 0 Å². The van der Waals surface area contributed by atoms with Crippen LogP contribution in [0.3, 0.4) is 0 Å². The molecule has 0 amide bonds. The fourth-order valence-corrected chi connectivity index (χ4v) is 2.38. The number of rotatable bonds is 5. The van der Waals surface area contributed by atoms with Crippen molar-refractivity contribution in [2.75, 3.05) is 0 Å². The Hall–Kier alpha value is -2.09. The highest BCUT2D eigenvalue weighted by molar-refractivity contribution is 5.76. The van der Waals surface area contributed by atoms with Gasteiger partial charge in [-0.2, -0.15) is 0 Å². The lowest BCUT2D eigenvalue weighted by molar-refractivity contribution is -0.166. The molecule has 23 heavy (non-hydrogen) atoms. The highest BCUT2D eigenvalue weighted by Gasteiger charge is 2.38. The van der Waals surface area contributed by atoms with Gasteiger partial charge in [0, 0.05) is 0 Å². The third-order valence-electron chi connectivity index (χ3n) is 4.66. The minimum Gasteiger partial charge on any atom is -0.449 e. The second-order valence-electron chi connectivity index (χ2n) is 6.89. The lowest BCUT2D eigenvalue weighted by Gasteiger charge is -2.34. The summed E-state index contributed by atoms with van der Waals surface area (Å²) in [5, 5.41) is 0. The number of benzene rings is 2. The fraction of sp³-hybridized carbons (Fsp3) is 0.381. The monoisotopic (exact) mass is 310 g/mol. The molecule has 0 radical (unpaired) electrons. The largest absolute Gasteiger partial charge is 0.449 e. The smallest absolute Gasteiger partial charge is 0.312 e. The number of hydrogen-bond acceptors (Lipinski definition) is 2. The fourth-order valence-electron chi connectivity index (χ4n) is 2.38. The molecule has 0 aromatic heterocycles. The van der Waals surface area contributed by atoms with Crippen molar-refractivity contribution < 1.29 is 9.53 Å². The van der Waals surface area contributed by atoms with E-state index < -0.39 is 11.0 Å². The van der Waals surface area contributed by atoms with Crippen LogP contribution in [-0.4, -0.2) is 5.97 Å². The van der Waals surface area contributed by atoms with Crippen LogP contribution >= 0.6 is 0 Å². The van der Waals surface area contributed by atoms with Gasteiger partial charge in [0.05, 0.1) is 5.41 Å². The summed E-state index contributed by atoms with van der Waals surface area (Å²) in [6.07, 6.45) is 0.741. The third kappa shape index (κ3) is 3.64. The van der Waals surface area contributed by atoms with Gasteiger partial charge in [-0.25, -0.2) is 0 Å². The maximum atomic E-state index is 12.7. The highest BCUT2D eigenvalue weighted by atomic mass is 16.6. The summed E-state index contributed by atoms with van der Waals surface area (Å²) in [4.78, 5) is 12.7. The predicted octanol–water partition coefficient (Wildman–Crippen LogP) is 5.24. The zero-order valence-corrected chi connectivity index (χ0v) is 14.7. The summed E-state index contributed by atoms with van der Waals surface area (Å²) >= 11 is 0. The molecule has 1 unspecified atom stereocenters.